The third-order valence-corrected chi connectivity index (χ3v) is 2.83. The minimum Gasteiger partial charge on any atom is -0.337 e. The van der Waals surface area contributed by atoms with Gasteiger partial charge in [-0.1, -0.05) is 13.8 Å². The molecule has 2 rings (SSSR count). The van der Waals surface area contributed by atoms with Gasteiger partial charge in [-0.3, -0.25) is 4.79 Å². The van der Waals surface area contributed by atoms with E-state index in [0.717, 1.165) is 13.1 Å². The summed E-state index contributed by atoms with van der Waals surface area (Å²) in [6.07, 6.45) is 1.17. The fourth-order valence-electron chi connectivity index (χ4n) is 2.16. The number of piperazine rings is 1. The van der Waals surface area contributed by atoms with Crippen molar-refractivity contribution in [2.24, 2.45) is 5.92 Å². The van der Waals surface area contributed by atoms with Crippen molar-refractivity contribution in [2.75, 3.05) is 13.1 Å². The number of amides is 1. The van der Waals surface area contributed by atoms with Crippen molar-refractivity contribution in [3.05, 3.63) is 0 Å². The Balaban J connectivity index is 2.02. The van der Waals surface area contributed by atoms with E-state index in [1.807, 2.05) is 18.7 Å². The van der Waals surface area contributed by atoms with Crippen LogP contribution >= 0.6 is 0 Å². The predicted octanol–water partition coefficient (Wildman–Crippen LogP) is 0.215. The highest BCUT2D eigenvalue weighted by Crippen LogP contribution is 2.24. The molecule has 0 aromatic heterocycles. The highest BCUT2D eigenvalue weighted by atomic mass is 16.2. The van der Waals surface area contributed by atoms with Gasteiger partial charge in [0.05, 0.1) is 0 Å². The Bertz CT molecular complexity index is 203. The van der Waals surface area contributed by atoms with E-state index < -0.39 is 0 Å². The molecule has 0 radical (unpaired) electrons. The fraction of sp³-hybridized carbons (Fsp3) is 0.889. The van der Waals surface area contributed by atoms with Crippen LogP contribution in [-0.4, -0.2) is 36.0 Å². The number of fused-ring (bicyclic) bond motifs is 2. The highest BCUT2D eigenvalue weighted by molar-refractivity contribution is 5.79. The zero-order valence-corrected chi connectivity index (χ0v) is 7.71. The van der Waals surface area contributed by atoms with E-state index in [2.05, 4.69) is 5.32 Å². The van der Waals surface area contributed by atoms with Crippen LogP contribution in [0.15, 0.2) is 0 Å². The number of hydrogen-bond acceptors (Lipinski definition) is 2. The summed E-state index contributed by atoms with van der Waals surface area (Å²) in [6, 6.07) is 1.07. The molecule has 0 aromatic carbocycles. The highest BCUT2D eigenvalue weighted by Gasteiger charge is 2.40. The van der Waals surface area contributed by atoms with Gasteiger partial charge in [0.2, 0.25) is 5.91 Å². The number of hydrogen-bond donors (Lipinski definition) is 1. The molecule has 2 unspecified atom stereocenters. The van der Waals surface area contributed by atoms with Crippen molar-refractivity contribution < 1.29 is 4.79 Å². The van der Waals surface area contributed by atoms with Crippen LogP contribution in [0.4, 0.5) is 0 Å². The van der Waals surface area contributed by atoms with Crippen molar-refractivity contribution in [3.8, 4) is 0 Å². The quantitative estimate of drug-likeness (QED) is 0.607. The van der Waals surface area contributed by atoms with E-state index in [9.17, 15) is 4.79 Å². The first kappa shape index (κ1) is 8.05. The molecule has 1 amide bonds. The van der Waals surface area contributed by atoms with Gasteiger partial charge in [-0.25, -0.2) is 0 Å². The first-order valence-corrected chi connectivity index (χ1v) is 4.72. The van der Waals surface area contributed by atoms with Crippen LogP contribution in [0.1, 0.15) is 20.3 Å². The molecule has 2 heterocycles. The number of nitrogens with zero attached hydrogens (tertiary/aromatic N) is 1. The molecule has 12 heavy (non-hydrogen) atoms. The standard InChI is InChI=1S/C9H16N2O/c1-6(2)9(12)11-5-7-3-8(11)4-10-7/h6-8,10H,3-5H2,1-2H3. The molecule has 0 aromatic rings. The van der Waals surface area contributed by atoms with E-state index in [1.54, 1.807) is 0 Å². The molecule has 0 spiro atoms. The van der Waals surface area contributed by atoms with Crippen molar-refractivity contribution in [2.45, 2.75) is 32.4 Å². The molecule has 0 saturated carbocycles. The summed E-state index contributed by atoms with van der Waals surface area (Å²) in [7, 11) is 0. The molecular formula is C9H16N2O. The lowest BCUT2D eigenvalue weighted by molar-refractivity contribution is -0.135. The van der Waals surface area contributed by atoms with Gasteiger partial charge in [0.25, 0.3) is 0 Å². The largest absolute Gasteiger partial charge is 0.337 e. The Morgan fingerprint density at radius 3 is 2.75 bits per heavy atom. The van der Waals surface area contributed by atoms with Crippen molar-refractivity contribution >= 4 is 5.91 Å². The Kier molecular flexibility index (Phi) is 1.83. The minimum atomic E-state index is 0.157. The van der Waals surface area contributed by atoms with E-state index in [1.165, 1.54) is 6.42 Å². The Hall–Kier alpha value is -0.570. The number of likely N-dealkylation sites (tertiary alicyclic amines) is 1. The number of rotatable bonds is 1. The van der Waals surface area contributed by atoms with Gasteiger partial charge in [0, 0.05) is 31.1 Å². The smallest absolute Gasteiger partial charge is 0.225 e. The van der Waals surface area contributed by atoms with Crippen molar-refractivity contribution in [3.63, 3.8) is 0 Å². The van der Waals surface area contributed by atoms with Crippen LogP contribution < -0.4 is 5.32 Å². The second-order valence-electron chi connectivity index (χ2n) is 4.14. The van der Waals surface area contributed by atoms with Crippen LogP contribution in [0.5, 0.6) is 0 Å². The maximum Gasteiger partial charge on any atom is 0.225 e. The third kappa shape index (κ3) is 1.12. The Morgan fingerprint density at radius 1 is 1.58 bits per heavy atom. The molecule has 2 atom stereocenters. The number of carbonyl (C=O) groups is 1. The molecule has 2 aliphatic heterocycles. The first-order chi connectivity index (χ1) is 5.68. The second-order valence-corrected chi connectivity index (χ2v) is 4.14. The van der Waals surface area contributed by atoms with Crippen molar-refractivity contribution in [1.29, 1.82) is 0 Å². The number of nitrogens with one attached hydrogen (secondary N) is 1. The van der Waals surface area contributed by atoms with Gasteiger partial charge in [0.1, 0.15) is 0 Å². The average molecular weight is 168 g/mol. The van der Waals surface area contributed by atoms with Crippen LogP contribution in [0, 0.1) is 5.92 Å². The lowest BCUT2D eigenvalue weighted by Crippen LogP contribution is -2.47. The van der Waals surface area contributed by atoms with Gasteiger partial charge < -0.3 is 10.2 Å². The molecule has 2 bridgehead atoms. The predicted molar refractivity (Wildman–Crippen MR) is 46.7 cm³/mol. The van der Waals surface area contributed by atoms with Gasteiger partial charge in [0.15, 0.2) is 0 Å². The lowest BCUT2D eigenvalue weighted by Gasteiger charge is -2.28. The molecule has 0 aliphatic carbocycles. The maximum atomic E-state index is 11.6. The molecule has 68 valence electrons. The second kappa shape index (κ2) is 2.73. The Morgan fingerprint density at radius 2 is 2.33 bits per heavy atom. The van der Waals surface area contributed by atoms with E-state index in [4.69, 9.17) is 0 Å². The molecule has 2 aliphatic rings. The molecule has 2 fully saturated rings. The maximum absolute atomic E-state index is 11.6. The van der Waals surface area contributed by atoms with Gasteiger partial charge >= 0.3 is 0 Å². The monoisotopic (exact) mass is 168 g/mol. The van der Waals surface area contributed by atoms with Crippen molar-refractivity contribution in [1.82, 2.24) is 10.2 Å². The lowest BCUT2D eigenvalue weighted by atomic mass is 10.1. The van der Waals surface area contributed by atoms with Gasteiger partial charge in [-0.15, -0.1) is 0 Å². The van der Waals surface area contributed by atoms with Crippen LogP contribution in [0.3, 0.4) is 0 Å². The SMILES string of the molecule is CC(C)C(=O)N1CC2CC1CN2. The normalized spacial score (nSPS) is 33.4. The van der Waals surface area contributed by atoms with E-state index in [-0.39, 0.29) is 5.92 Å². The molecule has 3 heteroatoms. The van der Waals surface area contributed by atoms with Crippen LogP contribution in [-0.2, 0) is 4.79 Å². The fourth-order valence-corrected chi connectivity index (χ4v) is 2.16. The topological polar surface area (TPSA) is 32.3 Å². The molecular weight excluding hydrogens is 152 g/mol. The Labute approximate surface area is 73.1 Å². The summed E-state index contributed by atoms with van der Waals surface area (Å²) in [5.74, 6) is 0.480. The summed E-state index contributed by atoms with van der Waals surface area (Å²) in [6.45, 7) is 5.88. The summed E-state index contributed by atoms with van der Waals surface area (Å²) in [5.41, 5.74) is 0. The van der Waals surface area contributed by atoms with E-state index >= 15 is 0 Å². The summed E-state index contributed by atoms with van der Waals surface area (Å²) in [4.78, 5) is 13.7. The average Bonchev–Trinajstić information content (AvgIpc) is 2.62. The zero-order valence-electron chi connectivity index (χ0n) is 7.71. The molecule has 2 saturated heterocycles. The minimum absolute atomic E-state index is 0.157. The summed E-state index contributed by atoms with van der Waals surface area (Å²) in [5, 5.41) is 3.39. The summed E-state index contributed by atoms with van der Waals surface area (Å²) >= 11 is 0. The van der Waals surface area contributed by atoms with Crippen LogP contribution in [0.25, 0.3) is 0 Å². The third-order valence-electron chi connectivity index (χ3n) is 2.83. The van der Waals surface area contributed by atoms with Gasteiger partial charge in [-0.2, -0.15) is 0 Å². The molecule has 1 N–H and O–H groups in total. The van der Waals surface area contributed by atoms with Crippen LogP contribution in [0.2, 0.25) is 0 Å². The first-order valence-electron chi connectivity index (χ1n) is 4.72. The molecule has 3 nitrogen and oxygen atoms in total. The summed E-state index contributed by atoms with van der Waals surface area (Å²) < 4.78 is 0. The number of carbonyl (C=O) groups excluding carboxylic acids is 1. The zero-order chi connectivity index (χ0) is 8.72. The van der Waals surface area contributed by atoms with E-state index in [0.29, 0.717) is 18.0 Å². The van der Waals surface area contributed by atoms with Gasteiger partial charge in [-0.05, 0) is 6.42 Å².